The van der Waals surface area contributed by atoms with E-state index in [0.717, 1.165) is 17.9 Å². The maximum absolute atomic E-state index is 5.74. The molecule has 0 radical (unpaired) electrons. The Morgan fingerprint density at radius 3 is 1.68 bits per heavy atom. The van der Waals surface area contributed by atoms with Crippen LogP contribution in [0.5, 0.6) is 0 Å². The molecule has 110 valence electrons. The molecule has 3 rings (SSSR count). The van der Waals surface area contributed by atoms with E-state index in [2.05, 4.69) is 66.0 Å². The summed E-state index contributed by atoms with van der Waals surface area (Å²) < 4.78 is 0. The maximum atomic E-state index is 5.74. The number of hydrogen-bond acceptors (Lipinski definition) is 2. The summed E-state index contributed by atoms with van der Waals surface area (Å²) >= 11 is 0. The third kappa shape index (κ3) is 3.47. The van der Waals surface area contributed by atoms with Crippen molar-refractivity contribution in [1.29, 1.82) is 0 Å². The van der Waals surface area contributed by atoms with E-state index in [0.29, 0.717) is 5.92 Å². The Morgan fingerprint density at radius 1 is 0.682 bits per heavy atom. The molecule has 0 aromatic heterocycles. The summed E-state index contributed by atoms with van der Waals surface area (Å²) in [6, 6.07) is 29.1. The summed E-state index contributed by atoms with van der Waals surface area (Å²) in [4.78, 5) is 0. The molecular formula is C20H20N2. The van der Waals surface area contributed by atoms with Crippen molar-refractivity contribution in [2.24, 2.45) is 0 Å². The van der Waals surface area contributed by atoms with Crippen LogP contribution in [0, 0.1) is 0 Å². The first-order chi connectivity index (χ1) is 10.8. The van der Waals surface area contributed by atoms with Crippen LogP contribution in [0.3, 0.4) is 0 Å². The van der Waals surface area contributed by atoms with Crippen LogP contribution in [0.25, 0.3) is 0 Å². The van der Waals surface area contributed by atoms with Gasteiger partial charge in [0.15, 0.2) is 0 Å². The highest BCUT2D eigenvalue weighted by Crippen LogP contribution is 2.25. The van der Waals surface area contributed by atoms with E-state index in [-0.39, 0.29) is 0 Å². The van der Waals surface area contributed by atoms with Crippen LogP contribution in [0.2, 0.25) is 0 Å². The van der Waals surface area contributed by atoms with Gasteiger partial charge in [-0.25, -0.2) is 0 Å². The van der Waals surface area contributed by atoms with Crippen LogP contribution >= 0.6 is 0 Å². The fourth-order valence-electron chi connectivity index (χ4n) is 2.62. The van der Waals surface area contributed by atoms with Crippen molar-refractivity contribution in [2.45, 2.75) is 5.92 Å². The van der Waals surface area contributed by atoms with Crippen LogP contribution < -0.4 is 11.1 Å². The van der Waals surface area contributed by atoms with Crippen molar-refractivity contribution in [1.82, 2.24) is 0 Å². The molecule has 3 aromatic rings. The lowest BCUT2D eigenvalue weighted by atomic mass is 9.91. The van der Waals surface area contributed by atoms with Crippen LogP contribution in [0.1, 0.15) is 17.0 Å². The second-order valence-electron chi connectivity index (χ2n) is 5.38. The summed E-state index contributed by atoms with van der Waals surface area (Å²) in [6.07, 6.45) is 0. The predicted octanol–water partition coefficient (Wildman–Crippen LogP) is 4.51. The third-order valence-electron chi connectivity index (χ3n) is 3.82. The Labute approximate surface area is 131 Å². The number of benzene rings is 3. The van der Waals surface area contributed by atoms with Crippen molar-refractivity contribution in [3.8, 4) is 0 Å². The average Bonchev–Trinajstić information content (AvgIpc) is 2.59. The van der Waals surface area contributed by atoms with Gasteiger partial charge in [-0.3, -0.25) is 0 Å². The number of rotatable bonds is 5. The molecule has 0 unspecified atom stereocenters. The van der Waals surface area contributed by atoms with Crippen LogP contribution in [0.15, 0.2) is 84.9 Å². The largest absolute Gasteiger partial charge is 0.399 e. The zero-order chi connectivity index (χ0) is 15.2. The van der Waals surface area contributed by atoms with Gasteiger partial charge in [-0.2, -0.15) is 0 Å². The minimum Gasteiger partial charge on any atom is -0.399 e. The summed E-state index contributed by atoms with van der Waals surface area (Å²) in [6.45, 7) is 0.845. The summed E-state index contributed by atoms with van der Waals surface area (Å²) in [5, 5.41) is 3.51. The SMILES string of the molecule is Nc1ccc(NCC(c2ccccc2)c2ccccc2)cc1. The van der Waals surface area contributed by atoms with Gasteiger partial charge < -0.3 is 11.1 Å². The van der Waals surface area contributed by atoms with Crippen molar-refractivity contribution in [3.05, 3.63) is 96.1 Å². The molecule has 0 saturated carbocycles. The highest BCUT2D eigenvalue weighted by atomic mass is 14.9. The zero-order valence-electron chi connectivity index (χ0n) is 12.4. The van der Waals surface area contributed by atoms with E-state index < -0.39 is 0 Å². The van der Waals surface area contributed by atoms with Gasteiger partial charge in [0.2, 0.25) is 0 Å². The molecule has 0 aliphatic heterocycles. The molecule has 0 saturated heterocycles. The normalized spacial score (nSPS) is 10.6. The van der Waals surface area contributed by atoms with Gasteiger partial charge >= 0.3 is 0 Å². The van der Waals surface area contributed by atoms with E-state index in [1.807, 2.05) is 24.3 Å². The van der Waals surface area contributed by atoms with Crippen molar-refractivity contribution in [3.63, 3.8) is 0 Å². The van der Waals surface area contributed by atoms with Crippen LogP contribution in [-0.2, 0) is 0 Å². The number of nitrogens with two attached hydrogens (primary N) is 1. The first kappa shape index (κ1) is 14.2. The first-order valence-corrected chi connectivity index (χ1v) is 7.52. The first-order valence-electron chi connectivity index (χ1n) is 7.52. The van der Waals surface area contributed by atoms with E-state index in [9.17, 15) is 0 Å². The molecule has 2 heteroatoms. The third-order valence-corrected chi connectivity index (χ3v) is 3.82. The van der Waals surface area contributed by atoms with Gasteiger partial charge in [-0.05, 0) is 35.4 Å². The summed E-state index contributed by atoms with van der Waals surface area (Å²) in [7, 11) is 0. The van der Waals surface area contributed by atoms with Gasteiger partial charge in [0.05, 0.1) is 0 Å². The Morgan fingerprint density at radius 2 is 1.18 bits per heavy atom. The minimum absolute atomic E-state index is 0.319. The number of nitrogen functional groups attached to an aromatic ring is 1. The quantitative estimate of drug-likeness (QED) is 0.678. The Bertz CT molecular complexity index is 651. The van der Waals surface area contributed by atoms with Crippen molar-refractivity contribution < 1.29 is 0 Å². The molecule has 0 fully saturated rings. The minimum atomic E-state index is 0.319. The zero-order valence-corrected chi connectivity index (χ0v) is 12.4. The molecule has 0 atom stereocenters. The predicted molar refractivity (Wildman–Crippen MR) is 94.1 cm³/mol. The van der Waals surface area contributed by atoms with E-state index >= 15 is 0 Å². The van der Waals surface area contributed by atoms with Crippen molar-refractivity contribution >= 4 is 11.4 Å². The maximum Gasteiger partial charge on any atom is 0.0341 e. The standard InChI is InChI=1S/C20H20N2/c21-18-11-13-19(14-12-18)22-15-20(16-7-3-1-4-8-16)17-9-5-2-6-10-17/h1-14,20,22H,15,21H2. The fraction of sp³-hybridized carbons (Fsp3) is 0.100. The molecule has 0 amide bonds. The molecule has 22 heavy (non-hydrogen) atoms. The van der Waals surface area contributed by atoms with Gasteiger partial charge in [0.1, 0.15) is 0 Å². The van der Waals surface area contributed by atoms with Gasteiger partial charge in [0.25, 0.3) is 0 Å². The Hall–Kier alpha value is -2.74. The van der Waals surface area contributed by atoms with Gasteiger partial charge in [-0.1, -0.05) is 60.7 Å². The number of nitrogens with one attached hydrogen (secondary N) is 1. The topological polar surface area (TPSA) is 38.0 Å². The number of hydrogen-bond donors (Lipinski definition) is 2. The van der Waals surface area contributed by atoms with Crippen LogP contribution in [-0.4, -0.2) is 6.54 Å². The van der Waals surface area contributed by atoms with E-state index in [4.69, 9.17) is 5.73 Å². The lowest BCUT2D eigenvalue weighted by Gasteiger charge is -2.19. The molecular weight excluding hydrogens is 268 g/mol. The lowest BCUT2D eigenvalue weighted by Crippen LogP contribution is -2.14. The smallest absolute Gasteiger partial charge is 0.0341 e. The molecule has 3 aromatic carbocycles. The molecule has 3 N–H and O–H groups in total. The highest BCUT2D eigenvalue weighted by Gasteiger charge is 2.13. The highest BCUT2D eigenvalue weighted by molar-refractivity contribution is 5.51. The Balaban J connectivity index is 1.81. The lowest BCUT2D eigenvalue weighted by molar-refractivity contribution is 0.853. The summed E-state index contributed by atoms with van der Waals surface area (Å²) in [5.74, 6) is 0.319. The monoisotopic (exact) mass is 288 g/mol. The second kappa shape index (κ2) is 6.81. The average molecular weight is 288 g/mol. The van der Waals surface area contributed by atoms with E-state index in [1.54, 1.807) is 0 Å². The molecule has 0 heterocycles. The molecule has 0 aliphatic carbocycles. The Kier molecular flexibility index (Phi) is 4.40. The molecule has 0 aliphatic rings. The van der Waals surface area contributed by atoms with E-state index in [1.165, 1.54) is 11.1 Å². The molecule has 0 spiro atoms. The van der Waals surface area contributed by atoms with Crippen LogP contribution in [0.4, 0.5) is 11.4 Å². The molecule has 2 nitrogen and oxygen atoms in total. The van der Waals surface area contributed by atoms with Gasteiger partial charge in [-0.15, -0.1) is 0 Å². The molecule has 0 bridgehead atoms. The van der Waals surface area contributed by atoms with Gasteiger partial charge in [0, 0.05) is 23.8 Å². The summed E-state index contributed by atoms with van der Waals surface area (Å²) in [5.41, 5.74) is 10.2. The number of anilines is 2. The second-order valence-corrected chi connectivity index (χ2v) is 5.38. The fourth-order valence-corrected chi connectivity index (χ4v) is 2.62. The van der Waals surface area contributed by atoms with Crippen molar-refractivity contribution in [2.75, 3.05) is 17.6 Å².